The third-order valence-corrected chi connectivity index (χ3v) is 3.77. The number of halogens is 1. The lowest BCUT2D eigenvalue weighted by Gasteiger charge is -2.30. The Labute approximate surface area is 118 Å². The predicted octanol–water partition coefficient (Wildman–Crippen LogP) is 2.51. The average molecular weight is 277 g/mol. The van der Waals surface area contributed by atoms with Gasteiger partial charge in [0, 0.05) is 24.6 Å². The van der Waals surface area contributed by atoms with Crippen LogP contribution < -0.4 is 5.32 Å². The lowest BCUT2D eigenvalue weighted by molar-refractivity contribution is -0.117. The van der Waals surface area contributed by atoms with Crippen molar-refractivity contribution in [3.63, 3.8) is 0 Å². The molecule has 2 N–H and O–H groups in total. The van der Waals surface area contributed by atoms with Crippen molar-refractivity contribution >= 4 is 12.0 Å². The smallest absolute Gasteiger partial charge is 0.244 e. The van der Waals surface area contributed by atoms with Crippen molar-refractivity contribution in [1.29, 1.82) is 0 Å². The molecule has 0 bridgehead atoms. The van der Waals surface area contributed by atoms with Gasteiger partial charge in [0.15, 0.2) is 0 Å². The number of amides is 1. The van der Waals surface area contributed by atoms with Gasteiger partial charge in [-0.25, -0.2) is 4.39 Å². The molecule has 0 heterocycles. The second-order valence-corrected chi connectivity index (χ2v) is 5.23. The summed E-state index contributed by atoms with van der Waals surface area (Å²) >= 11 is 0. The zero-order valence-corrected chi connectivity index (χ0v) is 11.4. The van der Waals surface area contributed by atoms with E-state index in [2.05, 4.69) is 5.32 Å². The minimum absolute atomic E-state index is 0.0547. The van der Waals surface area contributed by atoms with Crippen LogP contribution in [0.25, 0.3) is 6.08 Å². The highest BCUT2D eigenvalue weighted by Crippen LogP contribution is 2.23. The molecule has 0 aliphatic heterocycles. The Balaban J connectivity index is 1.89. The summed E-state index contributed by atoms with van der Waals surface area (Å²) in [7, 11) is 0. The second kappa shape index (κ2) is 7.20. The summed E-state index contributed by atoms with van der Waals surface area (Å²) in [6.45, 7) is 0.118. The number of aliphatic hydroxyl groups excluding tert-OH is 1. The Morgan fingerprint density at radius 1 is 1.30 bits per heavy atom. The maximum Gasteiger partial charge on any atom is 0.244 e. The van der Waals surface area contributed by atoms with Crippen molar-refractivity contribution < 1.29 is 14.3 Å². The third-order valence-electron chi connectivity index (χ3n) is 3.77. The summed E-state index contributed by atoms with van der Waals surface area (Å²) in [5.74, 6) is -0.300. The quantitative estimate of drug-likeness (QED) is 0.831. The van der Waals surface area contributed by atoms with Crippen molar-refractivity contribution in [1.82, 2.24) is 5.32 Å². The zero-order chi connectivity index (χ0) is 14.4. The monoisotopic (exact) mass is 277 g/mol. The van der Waals surface area contributed by atoms with Gasteiger partial charge in [0.05, 0.1) is 0 Å². The van der Waals surface area contributed by atoms with E-state index in [1.54, 1.807) is 18.2 Å². The molecule has 1 amide bonds. The third kappa shape index (κ3) is 4.17. The number of hydrogen-bond donors (Lipinski definition) is 2. The normalized spacial score (nSPS) is 22.9. The van der Waals surface area contributed by atoms with Crippen LogP contribution in [-0.2, 0) is 4.79 Å². The molecule has 20 heavy (non-hydrogen) atoms. The van der Waals surface area contributed by atoms with Crippen molar-refractivity contribution in [3.8, 4) is 0 Å². The molecule has 1 fully saturated rings. The van der Waals surface area contributed by atoms with E-state index < -0.39 is 0 Å². The predicted molar refractivity (Wildman–Crippen MR) is 76.4 cm³/mol. The van der Waals surface area contributed by atoms with Gasteiger partial charge in [0.25, 0.3) is 0 Å². The van der Waals surface area contributed by atoms with Gasteiger partial charge in [-0.2, -0.15) is 0 Å². The molecule has 3 nitrogen and oxygen atoms in total. The van der Waals surface area contributed by atoms with Crippen LogP contribution in [0.4, 0.5) is 4.39 Å². The fourth-order valence-electron chi connectivity index (χ4n) is 2.59. The van der Waals surface area contributed by atoms with Crippen LogP contribution in [0.15, 0.2) is 30.3 Å². The number of nitrogens with one attached hydrogen (secondary N) is 1. The molecule has 1 aliphatic carbocycles. The van der Waals surface area contributed by atoms with E-state index in [4.69, 9.17) is 0 Å². The molecule has 0 saturated heterocycles. The van der Waals surface area contributed by atoms with Gasteiger partial charge >= 0.3 is 0 Å². The van der Waals surface area contributed by atoms with E-state index >= 15 is 0 Å². The van der Waals surface area contributed by atoms with Crippen LogP contribution in [0.1, 0.15) is 31.2 Å². The van der Waals surface area contributed by atoms with Crippen LogP contribution in [0.2, 0.25) is 0 Å². The van der Waals surface area contributed by atoms with Crippen molar-refractivity contribution in [3.05, 3.63) is 41.7 Å². The second-order valence-electron chi connectivity index (χ2n) is 5.23. The van der Waals surface area contributed by atoms with E-state index in [1.165, 1.54) is 18.2 Å². The van der Waals surface area contributed by atoms with Gasteiger partial charge in [-0.15, -0.1) is 0 Å². The Kier molecular flexibility index (Phi) is 5.30. The maximum atomic E-state index is 12.7. The first-order chi connectivity index (χ1) is 9.69. The van der Waals surface area contributed by atoms with Crippen LogP contribution in [0.3, 0.4) is 0 Å². The highest BCUT2D eigenvalue weighted by Gasteiger charge is 2.25. The number of carbonyl (C=O) groups is 1. The minimum atomic E-state index is -0.292. The maximum absolute atomic E-state index is 12.7. The van der Waals surface area contributed by atoms with Gasteiger partial charge in [-0.05, 0) is 36.6 Å². The molecule has 2 atom stereocenters. The standard InChI is InChI=1S/C16H20FNO2/c17-14-8-5-12(6-9-14)7-10-16(20)18-15-4-2-1-3-13(15)11-19/h5-10,13,15,19H,1-4,11H2,(H,18,20)/b10-7+. The lowest BCUT2D eigenvalue weighted by atomic mass is 9.85. The van der Waals surface area contributed by atoms with Crippen LogP contribution in [0, 0.1) is 11.7 Å². The molecular formula is C16H20FNO2. The summed E-state index contributed by atoms with van der Waals surface area (Å²) in [5, 5.41) is 12.2. The van der Waals surface area contributed by atoms with Crippen LogP contribution in [-0.4, -0.2) is 23.7 Å². The number of hydrogen-bond acceptors (Lipinski definition) is 2. The molecule has 1 saturated carbocycles. The topological polar surface area (TPSA) is 49.3 Å². The average Bonchev–Trinajstić information content (AvgIpc) is 2.47. The number of rotatable bonds is 4. The van der Waals surface area contributed by atoms with Gasteiger partial charge in [0.1, 0.15) is 5.82 Å². The first-order valence-electron chi connectivity index (χ1n) is 7.04. The Hall–Kier alpha value is -1.68. The minimum Gasteiger partial charge on any atom is -0.396 e. The van der Waals surface area contributed by atoms with Crippen molar-refractivity contribution in [2.45, 2.75) is 31.7 Å². The molecule has 0 aromatic heterocycles. The molecule has 4 heteroatoms. The van der Waals surface area contributed by atoms with Gasteiger partial charge in [-0.1, -0.05) is 25.0 Å². The molecule has 1 aromatic rings. The first kappa shape index (κ1) is 14.7. The van der Waals surface area contributed by atoms with Gasteiger partial charge in [0.2, 0.25) is 5.91 Å². The van der Waals surface area contributed by atoms with E-state index in [1.807, 2.05) is 0 Å². The largest absolute Gasteiger partial charge is 0.396 e. The van der Waals surface area contributed by atoms with E-state index in [0.717, 1.165) is 31.2 Å². The molecule has 108 valence electrons. The Morgan fingerprint density at radius 2 is 2.00 bits per heavy atom. The molecule has 1 aromatic carbocycles. The Morgan fingerprint density at radius 3 is 2.70 bits per heavy atom. The summed E-state index contributed by atoms with van der Waals surface area (Å²) in [6.07, 6.45) is 7.19. The molecule has 2 rings (SSSR count). The molecular weight excluding hydrogens is 257 g/mol. The fraction of sp³-hybridized carbons (Fsp3) is 0.438. The number of aliphatic hydroxyl groups is 1. The molecule has 0 spiro atoms. The first-order valence-corrected chi connectivity index (χ1v) is 7.04. The van der Waals surface area contributed by atoms with Gasteiger partial charge < -0.3 is 10.4 Å². The highest BCUT2D eigenvalue weighted by atomic mass is 19.1. The summed E-state index contributed by atoms with van der Waals surface area (Å²) < 4.78 is 12.7. The van der Waals surface area contributed by atoms with Crippen molar-refractivity contribution in [2.24, 2.45) is 5.92 Å². The molecule has 2 unspecified atom stereocenters. The van der Waals surface area contributed by atoms with E-state index in [9.17, 15) is 14.3 Å². The highest BCUT2D eigenvalue weighted by molar-refractivity contribution is 5.91. The van der Waals surface area contributed by atoms with E-state index in [0.29, 0.717) is 0 Å². The number of carbonyl (C=O) groups excluding carboxylic acids is 1. The summed E-state index contributed by atoms with van der Waals surface area (Å²) in [6, 6.07) is 6.02. The van der Waals surface area contributed by atoms with Crippen LogP contribution in [0.5, 0.6) is 0 Å². The number of benzene rings is 1. The lowest BCUT2D eigenvalue weighted by Crippen LogP contribution is -2.42. The molecule has 1 aliphatic rings. The summed E-state index contributed by atoms with van der Waals surface area (Å²) in [4.78, 5) is 11.9. The Bertz CT molecular complexity index is 470. The fourth-order valence-corrected chi connectivity index (χ4v) is 2.59. The van der Waals surface area contributed by atoms with Crippen molar-refractivity contribution in [2.75, 3.05) is 6.61 Å². The zero-order valence-electron chi connectivity index (χ0n) is 11.4. The van der Waals surface area contributed by atoms with E-state index in [-0.39, 0.29) is 30.3 Å². The summed E-state index contributed by atoms with van der Waals surface area (Å²) in [5.41, 5.74) is 0.781. The van der Waals surface area contributed by atoms with Gasteiger partial charge in [-0.3, -0.25) is 4.79 Å². The SMILES string of the molecule is O=C(/C=C/c1ccc(F)cc1)NC1CCCCC1CO. The molecule has 0 radical (unpaired) electrons. The van der Waals surface area contributed by atoms with Crippen LogP contribution >= 0.6 is 0 Å².